The highest BCUT2D eigenvalue weighted by Crippen LogP contribution is 2.33. The van der Waals surface area contributed by atoms with Gasteiger partial charge in [0.05, 0.1) is 20.3 Å². The van der Waals surface area contributed by atoms with Crippen LogP contribution < -0.4 is 10.1 Å². The van der Waals surface area contributed by atoms with Crippen LogP contribution in [-0.4, -0.2) is 57.5 Å². The first-order valence-electron chi connectivity index (χ1n) is 6.53. The van der Waals surface area contributed by atoms with Crippen molar-refractivity contribution < 1.29 is 14.6 Å². The maximum Gasteiger partial charge on any atom is 0.162 e. The van der Waals surface area contributed by atoms with Crippen molar-refractivity contribution in [3.63, 3.8) is 0 Å². The van der Waals surface area contributed by atoms with Crippen LogP contribution in [0.2, 0.25) is 5.02 Å². The van der Waals surface area contributed by atoms with E-state index in [-0.39, 0.29) is 5.75 Å². The SMILES string of the molecule is COc1cc(Cl)cc(CNCCOCCN(C)C)c1O. The standard InChI is InChI=1S/C14H23ClN2O3/c1-17(2)5-7-20-6-4-16-10-11-8-12(15)9-13(19-3)14(11)18/h8-9,16,18H,4-7,10H2,1-3H3. The summed E-state index contributed by atoms with van der Waals surface area (Å²) >= 11 is 5.96. The number of rotatable bonds is 9. The molecule has 20 heavy (non-hydrogen) atoms. The first-order valence-corrected chi connectivity index (χ1v) is 6.91. The maximum atomic E-state index is 9.95. The second-order valence-electron chi connectivity index (χ2n) is 4.71. The summed E-state index contributed by atoms with van der Waals surface area (Å²) in [7, 11) is 5.52. The number of methoxy groups -OCH3 is 1. The number of phenols is 1. The van der Waals surface area contributed by atoms with E-state index in [9.17, 15) is 5.11 Å². The van der Waals surface area contributed by atoms with E-state index in [0.717, 1.165) is 6.54 Å². The van der Waals surface area contributed by atoms with Gasteiger partial charge in [0.2, 0.25) is 0 Å². The van der Waals surface area contributed by atoms with Crippen LogP contribution >= 0.6 is 11.6 Å². The summed E-state index contributed by atoms with van der Waals surface area (Å²) in [5.74, 6) is 0.509. The van der Waals surface area contributed by atoms with Crippen LogP contribution in [0.3, 0.4) is 0 Å². The first-order chi connectivity index (χ1) is 9.54. The molecule has 0 aliphatic heterocycles. The number of hydrogen-bond acceptors (Lipinski definition) is 5. The summed E-state index contributed by atoms with van der Waals surface area (Å²) in [5.41, 5.74) is 0.711. The zero-order valence-corrected chi connectivity index (χ0v) is 13.0. The zero-order valence-electron chi connectivity index (χ0n) is 12.3. The molecule has 114 valence electrons. The molecule has 0 heterocycles. The molecule has 0 unspecified atom stereocenters. The van der Waals surface area contributed by atoms with Gasteiger partial charge in [-0.25, -0.2) is 0 Å². The van der Waals surface area contributed by atoms with Gasteiger partial charge in [0, 0.05) is 36.3 Å². The summed E-state index contributed by atoms with van der Waals surface area (Å²) in [5, 5.41) is 13.7. The third-order valence-corrected chi connectivity index (χ3v) is 2.98. The molecule has 5 nitrogen and oxygen atoms in total. The number of likely N-dealkylation sites (N-methyl/N-ethyl adjacent to an activating group) is 1. The minimum Gasteiger partial charge on any atom is -0.504 e. The van der Waals surface area contributed by atoms with Gasteiger partial charge < -0.3 is 24.8 Å². The average Bonchev–Trinajstić information content (AvgIpc) is 2.40. The average molecular weight is 303 g/mol. The Kier molecular flexibility index (Phi) is 7.69. The minimum atomic E-state index is 0.123. The van der Waals surface area contributed by atoms with Crippen LogP contribution in [0.15, 0.2) is 12.1 Å². The van der Waals surface area contributed by atoms with Gasteiger partial charge in [-0.05, 0) is 20.2 Å². The Morgan fingerprint density at radius 3 is 2.70 bits per heavy atom. The van der Waals surface area contributed by atoms with Gasteiger partial charge in [0.15, 0.2) is 11.5 Å². The Morgan fingerprint density at radius 2 is 2.05 bits per heavy atom. The van der Waals surface area contributed by atoms with Crippen molar-refractivity contribution >= 4 is 11.6 Å². The Hall–Kier alpha value is -1.01. The Bertz CT molecular complexity index is 414. The normalized spacial score (nSPS) is 11.1. The number of hydrogen-bond donors (Lipinski definition) is 2. The summed E-state index contributed by atoms with van der Waals surface area (Å²) < 4.78 is 10.5. The van der Waals surface area contributed by atoms with E-state index >= 15 is 0 Å². The van der Waals surface area contributed by atoms with E-state index in [1.807, 2.05) is 14.1 Å². The van der Waals surface area contributed by atoms with E-state index in [4.69, 9.17) is 21.1 Å². The van der Waals surface area contributed by atoms with Gasteiger partial charge >= 0.3 is 0 Å². The van der Waals surface area contributed by atoms with Crippen molar-refractivity contribution in [1.82, 2.24) is 10.2 Å². The molecule has 0 saturated heterocycles. The zero-order chi connectivity index (χ0) is 15.0. The third kappa shape index (κ3) is 5.96. The van der Waals surface area contributed by atoms with E-state index in [1.165, 1.54) is 7.11 Å². The van der Waals surface area contributed by atoms with E-state index in [0.29, 0.717) is 42.6 Å². The van der Waals surface area contributed by atoms with Crippen molar-refractivity contribution in [2.75, 3.05) is 47.5 Å². The highest BCUT2D eigenvalue weighted by atomic mass is 35.5. The molecule has 0 fully saturated rings. The smallest absolute Gasteiger partial charge is 0.162 e. The lowest BCUT2D eigenvalue weighted by Gasteiger charge is -2.12. The lowest BCUT2D eigenvalue weighted by atomic mass is 10.2. The third-order valence-electron chi connectivity index (χ3n) is 2.76. The second-order valence-corrected chi connectivity index (χ2v) is 5.14. The van der Waals surface area contributed by atoms with Crippen molar-refractivity contribution in [2.45, 2.75) is 6.54 Å². The molecule has 0 radical (unpaired) electrons. The monoisotopic (exact) mass is 302 g/mol. The molecule has 0 aliphatic rings. The van der Waals surface area contributed by atoms with Crippen LogP contribution in [-0.2, 0) is 11.3 Å². The van der Waals surface area contributed by atoms with Gasteiger partial charge in [-0.15, -0.1) is 0 Å². The number of benzene rings is 1. The van der Waals surface area contributed by atoms with Crippen molar-refractivity contribution in [1.29, 1.82) is 0 Å². The first kappa shape index (κ1) is 17.0. The quantitative estimate of drug-likeness (QED) is 0.680. The molecule has 2 N–H and O–H groups in total. The van der Waals surface area contributed by atoms with Crippen LogP contribution in [0, 0.1) is 0 Å². The Morgan fingerprint density at radius 1 is 1.30 bits per heavy atom. The number of nitrogens with one attached hydrogen (secondary N) is 1. The summed E-state index contributed by atoms with van der Waals surface area (Å²) in [4.78, 5) is 2.07. The topological polar surface area (TPSA) is 54.0 Å². The highest BCUT2D eigenvalue weighted by molar-refractivity contribution is 6.30. The number of aromatic hydroxyl groups is 1. The van der Waals surface area contributed by atoms with Gasteiger partial charge in [0.25, 0.3) is 0 Å². The molecule has 0 aromatic heterocycles. The second kappa shape index (κ2) is 9.02. The summed E-state index contributed by atoms with van der Waals surface area (Å²) in [6.45, 7) is 3.48. The Balaban J connectivity index is 2.30. The maximum absolute atomic E-state index is 9.95. The fraction of sp³-hybridized carbons (Fsp3) is 0.571. The molecule has 6 heteroatoms. The molecule has 0 bridgehead atoms. The largest absolute Gasteiger partial charge is 0.504 e. The van der Waals surface area contributed by atoms with Crippen molar-refractivity contribution in [3.05, 3.63) is 22.7 Å². The summed E-state index contributed by atoms with van der Waals surface area (Å²) in [6, 6.07) is 3.31. The number of ether oxygens (including phenoxy) is 2. The molecular formula is C14H23ClN2O3. The fourth-order valence-corrected chi connectivity index (χ4v) is 1.87. The van der Waals surface area contributed by atoms with Crippen molar-refractivity contribution in [3.8, 4) is 11.5 Å². The van der Waals surface area contributed by atoms with Gasteiger partial charge in [-0.3, -0.25) is 0 Å². The molecule has 1 aromatic rings. The van der Waals surface area contributed by atoms with Gasteiger partial charge in [0.1, 0.15) is 0 Å². The Labute approximate surface area is 125 Å². The molecule has 0 amide bonds. The number of nitrogens with zero attached hydrogens (tertiary/aromatic N) is 1. The number of phenolic OH excluding ortho intramolecular Hbond substituents is 1. The van der Waals surface area contributed by atoms with E-state index in [1.54, 1.807) is 12.1 Å². The van der Waals surface area contributed by atoms with Crippen LogP contribution in [0.5, 0.6) is 11.5 Å². The van der Waals surface area contributed by atoms with Crippen LogP contribution in [0.25, 0.3) is 0 Å². The predicted molar refractivity (Wildman–Crippen MR) is 80.7 cm³/mol. The molecule has 1 aromatic carbocycles. The van der Waals surface area contributed by atoms with Gasteiger partial charge in [-0.1, -0.05) is 11.6 Å². The molecule has 0 saturated carbocycles. The van der Waals surface area contributed by atoms with Crippen molar-refractivity contribution in [2.24, 2.45) is 0 Å². The highest BCUT2D eigenvalue weighted by Gasteiger charge is 2.09. The van der Waals surface area contributed by atoms with E-state index < -0.39 is 0 Å². The lowest BCUT2D eigenvalue weighted by Crippen LogP contribution is -2.23. The van der Waals surface area contributed by atoms with E-state index in [2.05, 4.69) is 10.2 Å². The number of halogens is 1. The molecular weight excluding hydrogens is 280 g/mol. The fourth-order valence-electron chi connectivity index (χ4n) is 1.64. The predicted octanol–water partition coefficient (Wildman–Crippen LogP) is 1.72. The van der Waals surface area contributed by atoms with Gasteiger partial charge in [-0.2, -0.15) is 0 Å². The molecule has 0 atom stereocenters. The lowest BCUT2D eigenvalue weighted by molar-refractivity contribution is 0.119. The van der Waals surface area contributed by atoms with Crippen LogP contribution in [0.4, 0.5) is 0 Å². The minimum absolute atomic E-state index is 0.123. The van der Waals surface area contributed by atoms with Crippen LogP contribution in [0.1, 0.15) is 5.56 Å². The molecule has 0 spiro atoms. The molecule has 1 rings (SSSR count). The summed E-state index contributed by atoms with van der Waals surface area (Å²) in [6.07, 6.45) is 0. The molecule has 0 aliphatic carbocycles.